The summed E-state index contributed by atoms with van der Waals surface area (Å²) in [6, 6.07) is 5.49. The summed E-state index contributed by atoms with van der Waals surface area (Å²) in [6.07, 6.45) is 3.48. The van der Waals surface area contributed by atoms with E-state index in [1.165, 1.54) is 0 Å². The zero-order chi connectivity index (χ0) is 9.97. The van der Waals surface area contributed by atoms with Crippen LogP contribution in [-0.2, 0) is 0 Å². The van der Waals surface area contributed by atoms with Gasteiger partial charge in [0.25, 0.3) is 0 Å². The lowest BCUT2D eigenvalue weighted by Crippen LogP contribution is -1.93. The topological polar surface area (TPSA) is 64.7 Å². The fourth-order valence-electron chi connectivity index (χ4n) is 1.14. The summed E-state index contributed by atoms with van der Waals surface area (Å²) >= 11 is 0. The molecule has 0 unspecified atom stereocenters. The quantitative estimate of drug-likeness (QED) is 0.731. The molecule has 14 heavy (non-hydrogen) atoms. The summed E-state index contributed by atoms with van der Waals surface area (Å²) in [7, 11) is 0. The van der Waals surface area contributed by atoms with E-state index in [1.807, 2.05) is 19.1 Å². The van der Waals surface area contributed by atoms with Crippen molar-refractivity contribution in [2.24, 2.45) is 0 Å². The lowest BCUT2D eigenvalue weighted by molar-refractivity contribution is 1.05. The lowest BCUT2D eigenvalue weighted by Gasteiger charge is -2.00. The summed E-state index contributed by atoms with van der Waals surface area (Å²) in [5.74, 6) is 1.25. The van der Waals surface area contributed by atoms with Crippen LogP contribution >= 0.6 is 0 Å². The van der Waals surface area contributed by atoms with Crippen LogP contribution in [0.2, 0.25) is 0 Å². The molecule has 0 radical (unpaired) electrons. The van der Waals surface area contributed by atoms with Crippen LogP contribution in [0.25, 0.3) is 11.3 Å². The van der Waals surface area contributed by atoms with Gasteiger partial charge in [-0.05, 0) is 19.1 Å². The van der Waals surface area contributed by atoms with Crippen molar-refractivity contribution in [2.45, 2.75) is 6.92 Å². The number of nitrogens with two attached hydrogens (primary N) is 1. The van der Waals surface area contributed by atoms with E-state index in [2.05, 4.69) is 15.0 Å². The van der Waals surface area contributed by atoms with Gasteiger partial charge >= 0.3 is 0 Å². The van der Waals surface area contributed by atoms with Gasteiger partial charge in [-0.3, -0.25) is 0 Å². The number of rotatable bonds is 1. The highest BCUT2D eigenvalue weighted by molar-refractivity contribution is 5.58. The number of anilines is 1. The standard InChI is InChI=1S/C10H10N4/c1-7-12-5-8(6-13-7)9-3-2-4-10(11)14-9/h2-6H,1H3,(H2,11,14). The van der Waals surface area contributed by atoms with Gasteiger partial charge in [0, 0.05) is 18.0 Å². The van der Waals surface area contributed by atoms with Crippen LogP contribution < -0.4 is 5.73 Å². The Morgan fingerprint density at radius 2 is 1.86 bits per heavy atom. The third-order valence-corrected chi connectivity index (χ3v) is 1.85. The minimum absolute atomic E-state index is 0.503. The highest BCUT2D eigenvalue weighted by Gasteiger charge is 1.99. The Kier molecular flexibility index (Phi) is 2.10. The van der Waals surface area contributed by atoms with E-state index in [0.717, 1.165) is 17.1 Å². The van der Waals surface area contributed by atoms with Crippen molar-refractivity contribution in [1.29, 1.82) is 0 Å². The molecule has 0 amide bonds. The lowest BCUT2D eigenvalue weighted by atomic mass is 10.2. The Hall–Kier alpha value is -1.97. The average molecular weight is 186 g/mol. The first-order valence-electron chi connectivity index (χ1n) is 4.27. The molecule has 2 rings (SSSR count). The predicted octanol–water partition coefficient (Wildman–Crippen LogP) is 1.43. The molecule has 4 heteroatoms. The molecule has 0 saturated heterocycles. The number of aryl methyl sites for hydroxylation is 1. The predicted molar refractivity (Wildman–Crippen MR) is 54.4 cm³/mol. The molecule has 0 fully saturated rings. The SMILES string of the molecule is Cc1ncc(-c2cccc(N)n2)cn1. The van der Waals surface area contributed by atoms with Crippen molar-refractivity contribution in [2.75, 3.05) is 5.73 Å². The van der Waals surface area contributed by atoms with E-state index in [-0.39, 0.29) is 0 Å². The molecule has 0 aliphatic heterocycles. The minimum Gasteiger partial charge on any atom is -0.384 e. The van der Waals surface area contributed by atoms with Gasteiger partial charge in [-0.25, -0.2) is 15.0 Å². The van der Waals surface area contributed by atoms with Crippen LogP contribution in [0, 0.1) is 6.92 Å². The van der Waals surface area contributed by atoms with E-state index in [0.29, 0.717) is 5.82 Å². The van der Waals surface area contributed by atoms with Crippen LogP contribution in [-0.4, -0.2) is 15.0 Å². The molecular formula is C10H10N4. The number of pyridine rings is 1. The van der Waals surface area contributed by atoms with E-state index in [4.69, 9.17) is 5.73 Å². The molecule has 0 bridgehead atoms. The Morgan fingerprint density at radius 1 is 1.14 bits per heavy atom. The Balaban J connectivity index is 2.44. The summed E-state index contributed by atoms with van der Waals surface area (Å²) in [5.41, 5.74) is 7.25. The highest BCUT2D eigenvalue weighted by atomic mass is 14.9. The fourth-order valence-corrected chi connectivity index (χ4v) is 1.14. The number of hydrogen-bond acceptors (Lipinski definition) is 4. The van der Waals surface area contributed by atoms with Gasteiger partial charge in [0.1, 0.15) is 11.6 Å². The molecule has 2 N–H and O–H groups in total. The van der Waals surface area contributed by atoms with Crippen LogP contribution in [0.4, 0.5) is 5.82 Å². The molecule has 0 atom stereocenters. The second-order valence-electron chi connectivity index (χ2n) is 2.97. The van der Waals surface area contributed by atoms with Crippen LogP contribution in [0.5, 0.6) is 0 Å². The molecular weight excluding hydrogens is 176 g/mol. The smallest absolute Gasteiger partial charge is 0.125 e. The summed E-state index contributed by atoms with van der Waals surface area (Å²) < 4.78 is 0. The van der Waals surface area contributed by atoms with E-state index in [1.54, 1.807) is 18.5 Å². The van der Waals surface area contributed by atoms with Gasteiger partial charge < -0.3 is 5.73 Å². The van der Waals surface area contributed by atoms with Crippen molar-refractivity contribution in [1.82, 2.24) is 15.0 Å². The Morgan fingerprint density at radius 3 is 2.50 bits per heavy atom. The van der Waals surface area contributed by atoms with Gasteiger partial charge in [-0.2, -0.15) is 0 Å². The summed E-state index contributed by atoms with van der Waals surface area (Å²) in [6.45, 7) is 1.84. The monoisotopic (exact) mass is 186 g/mol. The van der Waals surface area contributed by atoms with Crippen molar-refractivity contribution >= 4 is 5.82 Å². The van der Waals surface area contributed by atoms with Crippen molar-refractivity contribution < 1.29 is 0 Å². The molecule has 2 aromatic rings. The number of aromatic nitrogens is 3. The third-order valence-electron chi connectivity index (χ3n) is 1.85. The van der Waals surface area contributed by atoms with Gasteiger partial charge in [0.15, 0.2) is 0 Å². The first-order valence-corrected chi connectivity index (χ1v) is 4.27. The van der Waals surface area contributed by atoms with Crippen molar-refractivity contribution in [3.8, 4) is 11.3 Å². The maximum atomic E-state index is 5.57. The summed E-state index contributed by atoms with van der Waals surface area (Å²) in [5, 5.41) is 0. The highest BCUT2D eigenvalue weighted by Crippen LogP contribution is 2.15. The normalized spacial score (nSPS) is 10.1. The molecule has 2 heterocycles. The van der Waals surface area contributed by atoms with E-state index < -0.39 is 0 Å². The summed E-state index contributed by atoms with van der Waals surface area (Å²) in [4.78, 5) is 12.4. The van der Waals surface area contributed by atoms with Crippen molar-refractivity contribution in [3.63, 3.8) is 0 Å². The molecule has 0 aliphatic carbocycles. The Labute approximate surface area is 81.9 Å². The van der Waals surface area contributed by atoms with Gasteiger partial charge in [-0.1, -0.05) is 6.07 Å². The molecule has 0 aliphatic rings. The third kappa shape index (κ3) is 1.69. The van der Waals surface area contributed by atoms with E-state index >= 15 is 0 Å². The minimum atomic E-state index is 0.503. The molecule has 4 nitrogen and oxygen atoms in total. The first-order chi connectivity index (χ1) is 6.75. The maximum absolute atomic E-state index is 5.57. The van der Waals surface area contributed by atoms with Crippen LogP contribution in [0.3, 0.4) is 0 Å². The number of hydrogen-bond donors (Lipinski definition) is 1. The molecule has 0 aromatic carbocycles. The number of nitrogen functional groups attached to an aromatic ring is 1. The molecule has 0 saturated carbocycles. The maximum Gasteiger partial charge on any atom is 0.125 e. The van der Waals surface area contributed by atoms with E-state index in [9.17, 15) is 0 Å². The first kappa shape index (κ1) is 8.62. The largest absolute Gasteiger partial charge is 0.384 e. The molecule has 70 valence electrons. The van der Waals surface area contributed by atoms with Gasteiger partial charge in [0.05, 0.1) is 5.69 Å². The fraction of sp³-hybridized carbons (Fsp3) is 0.100. The zero-order valence-corrected chi connectivity index (χ0v) is 7.81. The van der Waals surface area contributed by atoms with Gasteiger partial charge in [0.2, 0.25) is 0 Å². The number of nitrogens with zero attached hydrogens (tertiary/aromatic N) is 3. The average Bonchev–Trinajstić information content (AvgIpc) is 2.19. The van der Waals surface area contributed by atoms with Gasteiger partial charge in [-0.15, -0.1) is 0 Å². The van der Waals surface area contributed by atoms with Crippen molar-refractivity contribution in [3.05, 3.63) is 36.4 Å². The van der Waals surface area contributed by atoms with Crippen LogP contribution in [0.1, 0.15) is 5.82 Å². The van der Waals surface area contributed by atoms with Crippen LogP contribution in [0.15, 0.2) is 30.6 Å². The molecule has 2 aromatic heterocycles. The second kappa shape index (κ2) is 3.41. The zero-order valence-electron chi connectivity index (χ0n) is 7.81. The second-order valence-corrected chi connectivity index (χ2v) is 2.97. The Bertz CT molecular complexity index is 436. The molecule has 0 spiro atoms.